The summed E-state index contributed by atoms with van der Waals surface area (Å²) in [7, 11) is 3.13. The Kier molecular flexibility index (Phi) is 7.87. The molecule has 0 atom stereocenters. The molecule has 0 saturated carbocycles. The number of nitrogens with zero attached hydrogens (tertiary/aromatic N) is 3. The van der Waals surface area contributed by atoms with Crippen LogP contribution in [-0.4, -0.2) is 59.5 Å². The zero-order valence-corrected chi connectivity index (χ0v) is 18.1. The van der Waals surface area contributed by atoms with Crippen LogP contribution in [0, 0.1) is 5.82 Å². The minimum atomic E-state index is -1.10. The van der Waals surface area contributed by atoms with E-state index in [0.717, 1.165) is 0 Å². The maximum absolute atomic E-state index is 13.4. The van der Waals surface area contributed by atoms with Crippen molar-refractivity contribution in [2.24, 2.45) is 0 Å². The number of benzene rings is 1. The number of pyridine rings is 1. The van der Waals surface area contributed by atoms with Crippen molar-refractivity contribution in [3.63, 3.8) is 0 Å². The third-order valence-electron chi connectivity index (χ3n) is 4.34. The van der Waals surface area contributed by atoms with Crippen molar-refractivity contribution in [3.8, 4) is 11.1 Å². The number of carboxylic acid groups (broad SMARTS) is 1. The van der Waals surface area contributed by atoms with Crippen molar-refractivity contribution < 1.29 is 23.8 Å². The van der Waals surface area contributed by atoms with Crippen LogP contribution >= 0.6 is 11.6 Å². The van der Waals surface area contributed by atoms with Crippen LogP contribution in [0.2, 0.25) is 5.02 Å². The molecule has 0 spiro atoms. The van der Waals surface area contributed by atoms with E-state index < -0.39 is 11.8 Å². The van der Waals surface area contributed by atoms with Crippen molar-refractivity contribution in [1.29, 1.82) is 0 Å². The SMILES string of the molecule is COCC(COC)Nc1nc(Nc2ccc(F)c(Cl)c2)ncc1-c1cncc(C(=O)O)c1. The van der Waals surface area contributed by atoms with E-state index in [0.29, 0.717) is 35.8 Å². The number of hydrogen-bond acceptors (Lipinski definition) is 8. The lowest BCUT2D eigenvalue weighted by atomic mass is 10.1. The topological polar surface area (TPSA) is 118 Å². The minimum Gasteiger partial charge on any atom is -0.478 e. The molecule has 1 aromatic carbocycles. The Morgan fingerprint density at radius 1 is 1.19 bits per heavy atom. The van der Waals surface area contributed by atoms with E-state index in [9.17, 15) is 14.3 Å². The normalized spacial score (nSPS) is 10.9. The monoisotopic (exact) mass is 461 g/mol. The Bertz CT molecular complexity index is 1100. The number of ether oxygens (including phenoxy) is 2. The first-order valence-corrected chi connectivity index (χ1v) is 9.81. The second-order valence-corrected chi connectivity index (χ2v) is 7.14. The van der Waals surface area contributed by atoms with Gasteiger partial charge in [0.2, 0.25) is 5.95 Å². The summed E-state index contributed by atoms with van der Waals surface area (Å²) in [6.45, 7) is 0.669. The molecule has 9 nitrogen and oxygen atoms in total. The molecule has 0 aliphatic rings. The first-order valence-electron chi connectivity index (χ1n) is 9.43. The molecule has 0 amide bonds. The third-order valence-corrected chi connectivity index (χ3v) is 4.63. The Balaban J connectivity index is 2.00. The van der Waals surface area contributed by atoms with E-state index in [2.05, 4.69) is 25.6 Å². The lowest BCUT2D eigenvalue weighted by molar-refractivity contribution is 0.0696. The van der Waals surface area contributed by atoms with E-state index in [1.165, 1.54) is 42.9 Å². The van der Waals surface area contributed by atoms with Crippen LogP contribution < -0.4 is 10.6 Å². The highest BCUT2D eigenvalue weighted by Crippen LogP contribution is 2.29. The maximum atomic E-state index is 13.4. The molecule has 0 unspecified atom stereocenters. The van der Waals surface area contributed by atoms with E-state index in [1.807, 2.05) is 0 Å². The number of aromatic nitrogens is 3. The molecule has 11 heteroatoms. The van der Waals surface area contributed by atoms with E-state index >= 15 is 0 Å². The summed E-state index contributed by atoms with van der Waals surface area (Å²) in [6, 6.07) is 5.38. The van der Waals surface area contributed by atoms with Gasteiger partial charge in [-0.05, 0) is 24.3 Å². The summed E-state index contributed by atoms with van der Waals surface area (Å²) < 4.78 is 23.9. The van der Waals surface area contributed by atoms with Gasteiger partial charge >= 0.3 is 5.97 Å². The Morgan fingerprint density at radius 3 is 2.59 bits per heavy atom. The molecule has 3 N–H and O–H groups in total. The van der Waals surface area contributed by atoms with Gasteiger partial charge in [-0.3, -0.25) is 4.98 Å². The lowest BCUT2D eigenvalue weighted by Gasteiger charge is -2.20. The van der Waals surface area contributed by atoms with Gasteiger partial charge in [0.25, 0.3) is 0 Å². The number of carbonyl (C=O) groups is 1. The molecule has 0 aliphatic heterocycles. The van der Waals surface area contributed by atoms with Gasteiger partial charge in [0.05, 0.1) is 29.8 Å². The fourth-order valence-electron chi connectivity index (χ4n) is 2.90. The average molecular weight is 462 g/mol. The van der Waals surface area contributed by atoms with Crippen LogP contribution in [0.3, 0.4) is 0 Å². The standard InChI is InChI=1S/C21H21ClFN5O4/c1-31-10-15(11-32-2)26-19-16(12-5-13(20(29)30)8-24-7-12)9-25-21(28-19)27-14-3-4-18(23)17(22)6-14/h3-9,15H,10-11H2,1-2H3,(H,29,30)(H2,25,26,27,28). The highest BCUT2D eigenvalue weighted by Gasteiger charge is 2.17. The second kappa shape index (κ2) is 10.8. The summed E-state index contributed by atoms with van der Waals surface area (Å²) in [6.07, 6.45) is 4.31. The largest absolute Gasteiger partial charge is 0.478 e. The van der Waals surface area contributed by atoms with Gasteiger partial charge in [0, 0.05) is 49.6 Å². The molecule has 32 heavy (non-hydrogen) atoms. The predicted molar refractivity (Wildman–Crippen MR) is 118 cm³/mol. The molecular weight excluding hydrogens is 441 g/mol. The fourth-order valence-corrected chi connectivity index (χ4v) is 3.08. The van der Waals surface area contributed by atoms with Crippen molar-refractivity contribution in [2.45, 2.75) is 6.04 Å². The first kappa shape index (κ1) is 23.3. The van der Waals surface area contributed by atoms with Crippen LogP contribution in [0.1, 0.15) is 10.4 Å². The summed E-state index contributed by atoms with van der Waals surface area (Å²) in [5.41, 5.74) is 1.56. The Hall–Kier alpha value is -3.34. The first-order chi connectivity index (χ1) is 15.4. The molecule has 3 aromatic rings. The molecule has 0 bridgehead atoms. The van der Waals surface area contributed by atoms with E-state index in [4.69, 9.17) is 21.1 Å². The number of anilines is 3. The van der Waals surface area contributed by atoms with Gasteiger partial charge in [-0.15, -0.1) is 0 Å². The number of aromatic carboxylic acids is 1. The quantitative estimate of drug-likeness (QED) is 0.413. The minimum absolute atomic E-state index is 0.0296. The summed E-state index contributed by atoms with van der Waals surface area (Å²) in [5.74, 6) is -1.02. The van der Waals surface area contributed by atoms with Crippen LogP contribution in [0.15, 0.2) is 42.9 Å². The van der Waals surface area contributed by atoms with Crippen molar-refractivity contribution in [1.82, 2.24) is 15.0 Å². The van der Waals surface area contributed by atoms with Crippen molar-refractivity contribution >= 4 is 35.0 Å². The highest BCUT2D eigenvalue weighted by molar-refractivity contribution is 6.31. The summed E-state index contributed by atoms with van der Waals surface area (Å²) >= 11 is 5.84. The van der Waals surface area contributed by atoms with Crippen LogP contribution in [0.25, 0.3) is 11.1 Å². The van der Waals surface area contributed by atoms with Crippen LogP contribution in [0.4, 0.5) is 21.8 Å². The maximum Gasteiger partial charge on any atom is 0.337 e. The average Bonchev–Trinajstić information content (AvgIpc) is 2.77. The highest BCUT2D eigenvalue weighted by atomic mass is 35.5. The third kappa shape index (κ3) is 5.88. The van der Waals surface area contributed by atoms with Gasteiger partial charge in [-0.25, -0.2) is 14.2 Å². The lowest BCUT2D eigenvalue weighted by Crippen LogP contribution is -2.30. The number of carboxylic acids is 1. The molecule has 3 rings (SSSR count). The van der Waals surface area contributed by atoms with Gasteiger partial charge in [0.1, 0.15) is 11.6 Å². The van der Waals surface area contributed by atoms with E-state index in [1.54, 1.807) is 14.2 Å². The predicted octanol–water partition coefficient (Wildman–Crippen LogP) is 3.85. The molecule has 168 valence electrons. The number of halogens is 2. The number of hydrogen-bond donors (Lipinski definition) is 3. The van der Waals surface area contributed by atoms with Gasteiger partial charge in [-0.1, -0.05) is 11.6 Å². The molecule has 2 heterocycles. The van der Waals surface area contributed by atoms with Gasteiger partial charge in [0.15, 0.2) is 0 Å². The Morgan fingerprint density at radius 2 is 1.94 bits per heavy atom. The molecular formula is C21H21ClFN5O4. The van der Waals surface area contributed by atoms with Gasteiger partial charge < -0.3 is 25.2 Å². The Labute approximate surface area is 188 Å². The van der Waals surface area contributed by atoms with Crippen LogP contribution in [0.5, 0.6) is 0 Å². The molecule has 0 aliphatic carbocycles. The number of rotatable bonds is 10. The van der Waals surface area contributed by atoms with Crippen molar-refractivity contribution in [2.75, 3.05) is 38.1 Å². The zero-order valence-electron chi connectivity index (χ0n) is 17.3. The second-order valence-electron chi connectivity index (χ2n) is 6.73. The molecule has 0 fully saturated rings. The number of methoxy groups -OCH3 is 2. The van der Waals surface area contributed by atoms with E-state index in [-0.39, 0.29) is 22.6 Å². The van der Waals surface area contributed by atoms with Gasteiger partial charge in [-0.2, -0.15) is 4.98 Å². The van der Waals surface area contributed by atoms with Crippen molar-refractivity contribution in [3.05, 3.63) is 59.3 Å². The zero-order chi connectivity index (χ0) is 23.1. The molecule has 0 radical (unpaired) electrons. The summed E-state index contributed by atoms with van der Waals surface area (Å²) in [4.78, 5) is 24.2. The summed E-state index contributed by atoms with van der Waals surface area (Å²) in [5, 5.41) is 15.5. The number of nitrogens with one attached hydrogen (secondary N) is 2. The van der Waals surface area contributed by atoms with Crippen LogP contribution in [-0.2, 0) is 9.47 Å². The fraction of sp³-hybridized carbons (Fsp3) is 0.238. The smallest absolute Gasteiger partial charge is 0.337 e. The molecule has 2 aromatic heterocycles. The molecule has 0 saturated heterocycles.